The summed E-state index contributed by atoms with van der Waals surface area (Å²) in [7, 11) is 1.67. The van der Waals surface area contributed by atoms with Crippen molar-refractivity contribution in [3.63, 3.8) is 0 Å². The van der Waals surface area contributed by atoms with Crippen molar-refractivity contribution in [2.45, 2.75) is 76.9 Å². The average molecular weight is 515 g/mol. The molecule has 0 spiro atoms. The number of aromatic nitrogens is 1. The topological polar surface area (TPSA) is 74.7 Å². The highest BCUT2D eigenvalue weighted by atomic mass is 19.2. The van der Waals surface area contributed by atoms with E-state index >= 15 is 0 Å². The van der Waals surface area contributed by atoms with Crippen LogP contribution in [0.15, 0.2) is 18.2 Å². The highest BCUT2D eigenvalue weighted by molar-refractivity contribution is 5.99. The molecule has 200 valence electrons. The molecule has 1 aliphatic carbocycles. The van der Waals surface area contributed by atoms with E-state index < -0.39 is 17.7 Å². The van der Waals surface area contributed by atoms with E-state index in [0.29, 0.717) is 29.7 Å². The summed E-state index contributed by atoms with van der Waals surface area (Å²) in [6.45, 7) is 4.66. The smallest absolute Gasteiger partial charge is 0.270 e. The van der Waals surface area contributed by atoms with Gasteiger partial charge in [0.25, 0.3) is 5.91 Å². The van der Waals surface area contributed by atoms with Gasteiger partial charge in [0.1, 0.15) is 11.7 Å². The third-order valence-corrected chi connectivity index (χ3v) is 8.78. The van der Waals surface area contributed by atoms with Gasteiger partial charge in [-0.3, -0.25) is 14.4 Å². The molecule has 0 radical (unpaired) electrons. The van der Waals surface area contributed by atoms with Crippen LogP contribution in [0, 0.1) is 23.5 Å². The van der Waals surface area contributed by atoms with Gasteiger partial charge in [-0.05, 0) is 43.7 Å². The van der Waals surface area contributed by atoms with Gasteiger partial charge in [0.15, 0.2) is 11.6 Å². The van der Waals surface area contributed by atoms with E-state index in [0.717, 1.165) is 57.1 Å². The predicted octanol–water partition coefficient (Wildman–Crippen LogP) is 3.99. The number of aryl methyl sites for hydroxylation is 1. The molecule has 3 saturated heterocycles. The summed E-state index contributed by atoms with van der Waals surface area (Å²) < 4.78 is 29.1. The lowest BCUT2D eigenvalue weighted by Crippen LogP contribution is -2.73. The molecule has 6 rings (SSSR count). The fraction of sp³-hybridized carbons (Fsp3) is 0.607. The fourth-order valence-electron chi connectivity index (χ4n) is 6.32. The summed E-state index contributed by atoms with van der Waals surface area (Å²) in [6, 6.07) is 3.10. The number of benzene rings is 1. The Morgan fingerprint density at radius 3 is 2.32 bits per heavy atom. The van der Waals surface area contributed by atoms with Crippen molar-refractivity contribution in [1.29, 1.82) is 0 Å². The van der Waals surface area contributed by atoms with E-state index in [2.05, 4.69) is 5.32 Å². The molecule has 4 heterocycles. The summed E-state index contributed by atoms with van der Waals surface area (Å²) in [4.78, 5) is 43.6. The quantitative estimate of drug-likeness (QED) is 0.634. The van der Waals surface area contributed by atoms with Crippen LogP contribution in [0.5, 0.6) is 0 Å². The van der Waals surface area contributed by atoms with Crippen LogP contribution in [0.1, 0.15) is 69.3 Å². The van der Waals surface area contributed by atoms with Crippen molar-refractivity contribution in [3.05, 3.63) is 35.5 Å². The average Bonchev–Trinajstić information content (AvgIpc) is 3.21. The van der Waals surface area contributed by atoms with Gasteiger partial charge in [0.2, 0.25) is 11.8 Å². The number of amides is 3. The number of nitrogens with one attached hydrogen (secondary N) is 1. The zero-order valence-electron chi connectivity index (χ0n) is 21.8. The molecule has 1 N–H and O–H groups in total. The molecule has 3 aliphatic heterocycles. The van der Waals surface area contributed by atoms with E-state index in [-0.39, 0.29) is 41.6 Å². The van der Waals surface area contributed by atoms with Crippen molar-refractivity contribution in [2.75, 3.05) is 13.1 Å². The Morgan fingerprint density at radius 2 is 1.68 bits per heavy atom. The van der Waals surface area contributed by atoms with Crippen LogP contribution in [-0.4, -0.2) is 63.3 Å². The number of carbonyl (C=O) groups is 3. The molecule has 4 fully saturated rings. The highest BCUT2D eigenvalue weighted by Crippen LogP contribution is 2.36. The minimum Gasteiger partial charge on any atom is -0.344 e. The van der Waals surface area contributed by atoms with Crippen LogP contribution in [0.3, 0.4) is 0 Å². The van der Waals surface area contributed by atoms with Crippen LogP contribution in [0.25, 0.3) is 10.9 Å². The van der Waals surface area contributed by atoms with Gasteiger partial charge >= 0.3 is 0 Å². The van der Waals surface area contributed by atoms with Gasteiger partial charge in [-0.1, -0.05) is 33.1 Å². The van der Waals surface area contributed by atoms with Gasteiger partial charge in [-0.25, -0.2) is 8.78 Å². The van der Waals surface area contributed by atoms with Crippen LogP contribution < -0.4 is 5.32 Å². The van der Waals surface area contributed by atoms with E-state index in [9.17, 15) is 23.2 Å². The normalized spacial score (nSPS) is 23.5. The standard InChI is InChI=1S/C28H36F2N4O3/c1-4-16(2)26(35)31-25(17-8-6-5-7-9-17)28(37)34-19-12-20(34)15-33(14-19)27(36)24-11-18-10-21(29)22(30)13-23(18)32(24)3/h10-11,13,16-17,19-20,25H,4-9,12,14-15H2,1-3H3,(H,31,35)/t16-,19-,20+,25+/m1/s1. The monoisotopic (exact) mass is 514 g/mol. The fourth-order valence-corrected chi connectivity index (χ4v) is 6.32. The SMILES string of the molecule is CC[C@@H](C)C(=O)N[C@H](C(=O)N1[C@@H]2C[C@H]1CN(C(=O)c1cc3cc(F)c(F)cc3n1C)C2)C1CCCCC1. The zero-order chi connectivity index (χ0) is 26.4. The predicted molar refractivity (Wildman–Crippen MR) is 136 cm³/mol. The summed E-state index contributed by atoms with van der Waals surface area (Å²) in [5.41, 5.74) is 0.814. The molecule has 1 saturated carbocycles. The molecular formula is C28H36F2N4O3. The molecular weight excluding hydrogens is 478 g/mol. The van der Waals surface area contributed by atoms with Gasteiger partial charge in [-0.15, -0.1) is 0 Å². The first-order valence-electron chi connectivity index (χ1n) is 13.6. The highest BCUT2D eigenvalue weighted by Gasteiger charge is 2.51. The lowest BCUT2D eigenvalue weighted by atomic mass is 9.80. The van der Waals surface area contributed by atoms with Crippen molar-refractivity contribution in [3.8, 4) is 0 Å². The van der Waals surface area contributed by atoms with Gasteiger partial charge < -0.3 is 19.7 Å². The lowest BCUT2D eigenvalue weighted by Gasteiger charge is -2.57. The number of rotatable bonds is 6. The van der Waals surface area contributed by atoms with E-state index in [1.807, 2.05) is 18.7 Å². The molecule has 37 heavy (non-hydrogen) atoms. The Kier molecular flexibility index (Phi) is 6.98. The summed E-state index contributed by atoms with van der Waals surface area (Å²) in [5, 5.41) is 3.56. The molecule has 0 unspecified atom stereocenters. The first-order valence-corrected chi connectivity index (χ1v) is 13.6. The number of piperazine rings is 1. The lowest BCUT2D eigenvalue weighted by molar-refractivity contribution is -0.157. The number of nitrogens with zero attached hydrogens (tertiary/aromatic N) is 3. The molecule has 3 amide bonds. The number of halogens is 2. The van der Waals surface area contributed by atoms with Crippen molar-refractivity contribution >= 4 is 28.6 Å². The minimum atomic E-state index is -0.950. The zero-order valence-corrected chi connectivity index (χ0v) is 21.8. The summed E-state index contributed by atoms with van der Waals surface area (Å²) in [5.74, 6) is -2.21. The third kappa shape index (κ3) is 4.61. The molecule has 9 heteroatoms. The first-order chi connectivity index (χ1) is 17.7. The second kappa shape index (κ2) is 10.1. The number of piperidine rings is 1. The maximum atomic E-state index is 13.8. The Balaban J connectivity index is 1.31. The molecule has 2 bridgehead atoms. The minimum absolute atomic E-state index is 0.0209. The Bertz CT molecular complexity index is 1210. The molecule has 1 aromatic carbocycles. The third-order valence-electron chi connectivity index (χ3n) is 8.78. The van der Waals surface area contributed by atoms with E-state index in [4.69, 9.17) is 0 Å². The Labute approximate surface area is 216 Å². The van der Waals surface area contributed by atoms with Crippen LogP contribution in [0.4, 0.5) is 8.78 Å². The second-order valence-electron chi connectivity index (χ2n) is 11.1. The number of fused-ring (bicyclic) bond motifs is 3. The number of hydrogen-bond acceptors (Lipinski definition) is 3. The van der Waals surface area contributed by atoms with Crippen molar-refractivity contribution in [1.82, 2.24) is 19.7 Å². The maximum absolute atomic E-state index is 13.8. The maximum Gasteiger partial charge on any atom is 0.270 e. The van der Waals surface area contributed by atoms with Crippen LogP contribution in [0.2, 0.25) is 0 Å². The Morgan fingerprint density at radius 1 is 1.03 bits per heavy atom. The molecule has 1 aromatic heterocycles. The largest absolute Gasteiger partial charge is 0.344 e. The molecule has 2 aromatic rings. The van der Waals surface area contributed by atoms with Gasteiger partial charge in [0.05, 0.1) is 17.6 Å². The van der Waals surface area contributed by atoms with Gasteiger partial charge in [-0.2, -0.15) is 0 Å². The molecule has 7 nitrogen and oxygen atoms in total. The van der Waals surface area contributed by atoms with E-state index in [1.54, 1.807) is 22.6 Å². The van der Waals surface area contributed by atoms with E-state index in [1.165, 1.54) is 0 Å². The van der Waals surface area contributed by atoms with Gasteiger partial charge in [0, 0.05) is 37.5 Å². The first kappa shape index (κ1) is 25.7. The Hall–Kier alpha value is -2.97. The summed E-state index contributed by atoms with van der Waals surface area (Å²) >= 11 is 0. The number of hydrogen-bond donors (Lipinski definition) is 1. The van der Waals surface area contributed by atoms with Crippen molar-refractivity contribution in [2.24, 2.45) is 18.9 Å². The molecule has 4 atom stereocenters. The molecule has 4 aliphatic rings. The van der Waals surface area contributed by atoms with Crippen LogP contribution >= 0.6 is 0 Å². The summed E-state index contributed by atoms with van der Waals surface area (Å²) in [6.07, 6.45) is 6.73. The number of carbonyl (C=O) groups excluding carboxylic acids is 3. The van der Waals surface area contributed by atoms with Crippen LogP contribution in [-0.2, 0) is 16.6 Å². The second-order valence-corrected chi connectivity index (χ2v) is 11.1. The van der Waals surface area contributed by atoms with Crippen molar-refractivity contribution < 1.29 is 23.2 Å².